The van der Waals surface area contributed by atoms with Gasteiger partial charge in [-0.25, -0.2) is 4.98 Å². The number of pyridine rings is 1. The molecule has 110 valence electrons. The van der Waals surface area contributed by atoms with Gasteiger partial charge in [0, 0.05) is 11.8 Å². The van der Waals surface area contributed by atoms with Crippen molar-refractivity contribution < 1.29 is 9.53 Å². The lowest BCUT2D eigenvalue weighted by atomic mass is 9.90. The van der Waals surface area contributed by atoms with Gasteiger partial charge in [0.05, 0.1) is 7.11 Å². The van der Waals surface area contributed by atoms with Crippen LogP contribution in [0.15, 0.2) is 21.9 Å². The third-order valence-corrected chi connectivity index (χ3v) is 3.49. The van der Waals surface area contributed by atoms with Crippen LogP contribution in [0.5, 0.6) is 5.88 Å². The molecule has 0 saturated carbocycles. The maximum atomic E-state index is 12.3. The van der Waals surface area contributed by atoms with Crippen molar-refractivity contribution in [1.82, 2.24) is 4.98 Å². The molecule has 0 aliphatic heterocycles. The zero-order valence-electron chi connectivity index (χ0n) is 11.8. The van der Waals surface area contributed by atoms with Gasteiger partial charge in [-0.15, -0.1) is 4.91 Å². The SMILES string of the molecule is CCCC(CC)(N=O)C(=O)Nc1cc(Br)nc(OC)c1. The molecule has 1 unspecified atom stereocenters. The van der Waals surface area contributed by atoms with Gasteiger partial charge >= 0.3 is 0 Å². The predicted molar refractivity (Wildman–Crippen MR) is 80.8 cm³/mol. The molecule has 1 aromatic rings. The second-order valence-electron chi connectivity index (χ2n) is 4.40. The molecule has 1 heterocycles. The van der Waals surface area contributed by atoms with E-state index >= 15 is 0 Å². The van der Waals surface area contributed by atoms with Gasteiger partial charge in [-0.05, 0) is 34.8 Å². The molecule has 1 atom stereocenters. The molecule has 6 nitrogen and oxygen atoms in total. The maximum absolute atomic E-state index is 12.3. The number of anilines is 1. The van der Waals surface area contributed by atoms with Crippen molar-refractivity contribution in [2.24, 2.45) is 5.18 Å². The van der Waals surface area contributed by atoms with Crippen LogP contribution < -0.4 is 10.1 Å². The highest BCUT2D eigenvalue weighted by atomic mass is 79.9. The Morgan fingerprint density at radius 3 is 2.70 bits per heavy atom. The Labute approximate surface area is 126 Å². The van der Waals surface area contributed by atoms with Gasteiger partial charge < -0.3 is 10.1 Å². The smallest absolute Gasteiger partial charge is 0.255 e. The first-order valence-electron chi connectivity index (χ1n) is 6.38. The number of amides is 1. The van der Waals surface area contributed by atoms with Crippen LogP contribution in [-0.4, -0.2) is 23.5 Å². The zero-order valence-corrected chi connectivity index (χ0v) is 13.4. The van der Waals surface area contributed by atoms with E-state index in [9.17, 15) is 9.70 Å². The summed E-state index contributed by atoms with van der Waals surface area (Å²) in [7, 11) is 1.49. The van der Waals surface area contributed by atoms with Crippen LogP contribution >= 0.6 is 15.9 Å². The molecular formula is C13H18BrN3O3. The number of ether oxygens (including phenoxy) is 1. The minimum absolute atomic E-state index is 0.361. The number of carbonyl (C=O) groups excluding carboxylic acids is 1. The van der Waals surface area contributed by atoms with Gasteiger partial charge in [0.2, 0.25) is 5.88 Å². The first kappa shape index (κ1) is 16.6. The second-order valence-corrected chi connectivity index (χ2v) is 5.21. The Morgan fingerprint density at radius 1 is 1.50 bits per heavy atom. The number of nitroso groups, excluding NO2 is 1. The van der Waals surface area contributed by atoms with Crippen molar-refractivity contribution in [2.45, 2.75) is 38.6 Å². The molecule has 0 bridgehead atoms. The Kier molecular flexibility index (Phi) is 6.06. The van der Waals surface area contributed by atoms with E-state index in [1.54, 1.807) is 19.1 Å². The number of aromatic nitrogens is 1. The topological polar surface area (TPSA) is 80.7 Å². The monoisotopic (exact) mass is 343 g/mol. The fourth-order valence-corrected chi connectivity index (χ4v) is 2.33. The molecule has 0 aliphatic carbocycles. The van der Waals surface area contributed by atoms with Crippen molar-refractivity contribution in [3.63, 3.8) is 0 Å². The lowest BCUT2D eigenvalue weighted by molar-refractivity contribution is -0.121. The predicted octanol–water partition coefficient (Wildman–Crippen LogP) is 3.51. The van der Waals surface area contributed by atoms with Crippen molar-refractivity contribution in [3.05, 3.63) is 21.6 Å². The van der Waals surface area contributed by atoms with Crippen LogP contribution in [-0.2, 0) is 4.79 Å². The molecule has 0 aromatic carbocycles. The highest BCUT2D eigenvalue weighted by molar-refractivity contribution is 9.10. The standard InChI is InChI=1S/C13H18BrN3O3/c1-4-6-13(5-2,17-19)12(18)15-9-7-10(14)16-11(8-9)20-3/h7-8H,4-6H2,1-3H3,(H,15,16,18). The van der Waals surface area contributed by atoms with Gasteiger partial charge in [0.25, 0.3) is 5.91 Å². The van der Waals surface area contributed by atoms with E-state index in [1.165, 1.54) is 7.11 Å². The van der Waals surface area contributed by atoms with Crippen LogP contribution in [0.3, 0.4) is 0 Å². The van der Waals surface area contributed by atoms with Crippen LogP contribution in [0.4, 0.5) is 5.69 Å². The summed E-state index contributed by atoms with van der Waals surface area (Å²) in [5.74, 6) is -0.0386. The van der Waals surface area contributed by atoms with E-state index in [0.717, 1.165) is 0 Å². The van der Waals surface area contributed by atoms with Gasteiger partial charge in [0.15, 0.2) is 5.54 Å². The summed E-state index contributed by atoms with van der Waals surface area (Å²) in [5, 5.41) is 5.77. The zero-order chi connectivity index (χ0) is 15.2. The molecule has 1 aromatic heterocycles. The summed E-state index contributed by atoms with van der Waals surface area (Å²) in [6.07, 6.45) is 1.48. The second kappa shape index (κ2) is 7.33. The Morgan fingerprint density at radius 2 is 2.20 bits per heavy atom. The van der Waals surface area contributed by atoms with Gasteiger partial charge in [-0.3, -0.25) is 4.79 Å². The molecule has 0 fully saturated rings. The third kappa shape index (κ3) is 3.75. The first-order chi connectivity index (χ1) is 9.51. The summed E-state index contributed by atoms with van der Waals surface area (Å²) < 4.78 is 5.56. The van der Waals surface area contributed by atoms with Gasteiger partial charge in [-0.1, -0.05) is 25.4 Å². The van der Waals surface area contributed by atoms with E-state index in [4.69, 9.17) is 4.74 Å². The Bertz CT molecular complexity index is 496. The number of carbonyl (C=O) groups is 1. The summed E-state index contributed by atoms with van der Waals surface area (Å²) in [6, 6.07) is 3.22. The summed E-state index contributed by atoms with van der Waals surface area (Å²) >= 11 is 3.23. The minimum Gasteiger partial charge on any atom is -0.481 e. The van der Waals surface area contributed by atoms with Crippen molar-refractivity contribution in [3.8, 4) is 5.88 Å². The Hall–Kier alpha value is -1.50. The molecule has 7 heteroatoms. The summed E-state index contributed by atoms with van der Waals surface area (Å²) in [5.41, 5.74) is -0.719. The van der Waals surface area contributed by atoms with E-state index in [1.807, 2.05) is 6.92 Å². The van der Waals surface area contributed by atoms with Crippen LogP contribution in [0.25, 0.3) is 0 Å². The Balaban J connectivity index is 2.99. The van der Waals surface area contributed by atoms with Crippen LogP contribution in [0.2, 0.25) is 0 Å². The normalized spacial score (nSPS) is 13.4. The fourth-order valence-electron chi connectivity index (χ4n) is 1.91. The number of hydrogen-bond donors (Lipinski definition) is 1. The van der Waals surface area contributed by atoms with Gasteiger partial charge in [0.1, 0.15) is 4.60 Å². The lowest BCUT2D eigenvalue weighted by Gasteiger charge is -2.23. The summed E-state index contributed by atoms with van der Waals surface area (Å²) in [6.45, 7) is 3.69. The van der Waals surface area contributed by atoms with Crippen molar-refractivity contribution in [2.75, 3.05) is 12.4 Å². The molecule has 1 amide bonds. The maximum Gasteiger partial charge on any atom is 0.255 e. The van der Waals surface area contributed by atoms with Gasteiger partial charge in [-0.2, -0.15) is 0 Å². The largest absolute Gasteiger partial charge is 0.481 e. The average molecular weight is 344 g/mol. The minimum atomic E-state index is -1.22. The van der Waals surface area contributed by atoms with E-state index in [0.29, 0.717) is 35.4 Å². The molecular weight excluding hydrogens is 326 g/mol. The number of methoxy groups -OCH3 is 1. The molecule has 0 saturated heterocycles. The number of rotatable bonds is 7. The molecule has 0 spiro atoms. The van der Waals surface area contributed by atoms with Crippen molar-refractivity contribution in [1.29, 1.82) is 0 Å². The lowest BCUT2D eigenvalue weighted by Crippen LogP contribution is -2.40. The molecule has 1 rings (SSSR count). The average Bonchev–Trinajstić information content (AvgIpc) is 2.44. The van der Waals surface area contributed by atoms with E-state index < -0.39 is 11.4 Å². The molecule has 20 heavy (non-hydrogen) atoms. The van der Waals surface area contributed by atoms with E-state index in [-0.39, 0.29) is 0 Å². The van der Waals surface area contributed by atoms with Crippen LogP contribution in [0.1, 0.15) is 33.1 Å². The van der Waals surface area contributed by atoms with Crippen LogP contribution in [0, 0.1) is 4.91 Å². The fraction of sp³-hybridized carbons (Fsp3) is 0.538. The highest BCUT2D eigenvalue weighted by Crippen LogP contribution is 2.26. The molecule has 0 aliphatic rings. The van der Waals surface area contributed by atoms with E-state index in [2.05, 4.69) is 31.4 Å². The highest BCUT2D eigenvalue weighted by Gasteiger charge is 2.37. The molecule has 0 radical (unpaired) electrons. The molecule has 1 N–H and O–H groups in total. The third-order valence-electron chi connectivity index (χ3n) is 3.08. The number of nitrogens with zero attached hydrogens (tertiary/aromatic N) is 2. The quantitative estimate of drug-likeness (QED) is 0.606. The number of halogens is 1. The first-order valence-corrected chi connectivity index (χ1v) is 7.18. The number of hydrogen-bond acceptors (Lipinski definition) is 5. The van der Waals surface area contributed by atoms with Crippen molar-refractivity contribution >= 4 is 27.5 Å². The number of nitrogens with one attached hydrogen (secondary N) is 1. The summed E-state index contributed by atoms with van der Waals surface area (Å²) in [4.78, 5) is 27.5.